The summed E-state index contributed by atoms with van der Waals surface area (Å²) in [7, 11) is 0. The number of carbonyl (C=O) groups is 2. The first-order valence-electron chi connectivity index (χ1n) is 9.53. The van der Waals surface area contributed by atoms with Crippen molar-refractivity contribution >= 4 is 34.8 Å². The molecule has 2 aromatic rings. The van der Waals surface area contributed by atoms with E-state index in [9.17, 15) is 14.7 Å². The number of amides is 2. The van der Waals surface area contributed by atoms with E-state index in [4.69, 9.17) is 17.3 Å². The zero-order chi connectivity index (χ0) is 21.0. The van der Waals surface area contributed by atoms with Gasteiger partial charge in [-0.15, -0.1) is 11.3 Å². The Balaban J connectivity index is 1.77. The molecule has 3 unspecified atom stereocenters. The molecule has 3 atom stereocenters. The van der Waals surface area contributed by atoms with Gasteiger partial charge in [0.25, 0.3) is 0 Å². The molecular weight excluding hydrogens is 412 g/mol. The van der Waals surface area contributed by atoms with Crippen LogP contribution in [0.1, 0.15) is 52.4 Å². The smallest absolute Gasteiger partial charge is 0.225 e. The van der Waals surface area contributed by atoms with Crippen molar-refractivity contribution in [3.63, 3.8) is 0 Å². The molecule has 7 nitrogen and oxygen atoms in total. The number of primary amides is 1. The van der Waals surface area contributed by atoms with Gasteiger partial charge in [0.05, 0.1) is 29.1 Å². The quantitative estimate of drug-likeness (QED) is 0.506. The molecule has 2 amide bonds. The van der Waals surface area contributed by atoms with Crippen LogP contribution in [0.3, 0.4) is 0 Å². The van der Waals surface area contributed by atoms with Gasteiger partial charge in [0.15, 0.2) is 0 Å². The van der Waals surface area contributed by atoms with Gasteiger partial charge >= 0.3 is 0 Å². The summed E-state index contributed by atoms with van der Waals surface area (Å²) in [6.45, 7) is 2.64. The second kappa shape index (κ2) is 9.67. The van der Waals surface area contributed by atoms with Crippen LogP contribution >= 0.6 is 22.9 Å². The molecule has 0 saturated carbocycles. The highest BCUT2D eigenvalue weighted by Crippen LogP contribution is 2.30. The van der Waals surface area contributed by atoms with E-state index < -0.39 is 11.8 Å². The second-order valence-electron chi connectivity index (χ2n) is 7.18. The SMILES string of the molecule is Cc1nc(C(NC(=O)CC(C(N)=O)c2ccc(Cl)cc2)C2CCCN2)sc1CO. The Morgan fingerprint density at radius 1 is 1.41 bits per heavy atom. The number of hydrogen-bond acceptors (Lipinski definition) is 6. The third-order valence-corrected chi connectivity index (χ3v) is 6.62. The van der Waals surface area contributed by atoms with E-state index in [-0.39, 0.29) is 31.0 Å². The number of nitrogens with zero attached hydrogens (tertiary/aromatic N) is 1. The fraction of sp³-hybridized carbons (Fsp3) is 0.450. The molecule has 1 aromatic carbocycles. The number of thiazole rings is 1. The number of nitrogens with two attached hydrogens (primary N) is 1. The molecule has 1 fully saturated rings. The molecule has 5 N–H and O–H groups in total. The second-order valence-corrected chi connectivity index (χ2v) is 8.73. The number of aryl methyl sites for hydroxylation is 1. The number of carbonyl (C=O) groups excluding carboxylic acids is 2. The summed E-state index contributed by atoms with van der Waals surface area (Å²) in [5.74, 6) is -1.58. The van der Waals surface area contributed by atoms with Gasteiger partial charge in [-0.1, -0.05) is 23.7 Å². The van der Waals surface area contributed by atoms with E-state index in [0.29, 0.717) is 10.6 Å². The molecule has 29 heavy (non-hydrogen) atoms. The number of aliphatic hydroxyl groups is 1. The van der Waals surface area contributed by atoms with Crippen LogP contribution in [-0.2, 0) is 16.2 Å². The predicted molar refractivity (Wildman–Crippen MR) is 113 cm³/mol. The molecule has 1 aliphatic rings. The normalized spacial score (nSPS) is 18.4. The maximum Gasteiger partial charge on any atom is 0.225 e. The van der Waals surface area contributed by atoms with Crippen molar-refractivity contribution in [3.8, 4) is 0 Å². The minimum atomic E-state index is -0.740. The summed E-state index contributed by atoms with van der Waals surface area (Å²) in [6, 6.07) is 6.49. The predicted octanol–water partition coefficient (Wildman–Crippen LogP) is 2.17. The van der Waals surface area contributed by atoms with Crippen LogP contribution in [0, 0.1) is 6.92 Å². The number of halogens is 1. The molecule has 1 aliphatic heterocycles. The number of hydrogen-bond donors (Lipinski definition) is 4. The van der Waals surface area contributed by atoms with E-state index in [1.807, 2.05) is 6.92 Å². The van der Waals surface area contributed by atoms with Gasteiger partial charge in [0.1, 0.15) is 5.01 Å². The minimum absolute atomic E-state index is 0.0543. The monoisotopic (exact) mass is 436 g/mol. The van der Waals surface area contributed by atoms with Gasteiger partial charge in [0.2, 0.25) is 11.8 Å². The highest BCUT2D eigenvalue weighted by atomic mass is 35.5. The van der Waals surface area contributed by atoms with Crippen LogP contribution in [0.25, 0.3) is 0 Å². The van der Waals surface area contributed by atoms with E-state index in [1.165, 1.54) is 11.3 Å². The molecule has 1 aromatic heterocycles. The average Bonchev–Trinajstić information content (AvgIpc) is 3.34. The molecule has 1 saturated heterocycles. The minimum Gasteiger partial charge on any atom is -0.391 e. The number of benzene rings is 1. The van der Waals surface area contributed by atoms with E-state index in [0.717, 1.165) is 35.0 Å². The number of aliphatic hydroxyl groups excluding tert-OH is 1. The molecule has 0 radical (unpaired) electrons. The van der Waals surface area contributed by atoms with Gasteiger partial charge < -0.3 is 21.5 Å². The maximum absolute atomic E-state index is 12.9. The van der Waals surface area contributed by atoms with Crippen molar-refractivity contribution in [1.82, 2.24) is 15.6 Å². The van der Waals surface area contributed by atoms with Crippen LogP contribution in [0.2, 0.25) is 5.02 Å². The number of nitrogens with one attached hydrogen (secondary N) is 2. The Labute approximate surface area is 178 Å². The summed E-state index contributed by atoms with van der Waals surface area (Å²) in [5.41, 5.74) is 6.98. The lowest BCUT2D eigenvalue weighted by Gasteiger charge is -2.24. The summed E-state index contributed by atoms with van der Waals surface area (Å²) < 4.78 is 0. The van der Waals surface area contributed by atoms with Crippen LogP contribution in [-0.4, -0.2) is 34.5 Å². The summed E-state index contributed by atoms with van der Waals surface area (Å²) in [5, 5.41) is 17.2. The van der Waals surface area contributed by atoms with E-state index in [2.05, 4.69) is 15.6 Å². The standard InChI is InChI=1S/C20H25ClN4O3S/c1-11-16(10-26)29-20(24-11)18(15-3-2-8-23-15)25-17(27)9-14(19(22)28)12-4-6-13(21)7-5-12/h4-7,14-15,18,23,26H,2-3,8-10H2,1H3,(H2,22,28)(H,25,27). The molecule has 3 rings (SSSR count). The highest BCUT2D eigenvalue weighted by Gasteiger charge is 2.31. The van der Waals surface area contributed by atoms with Gasteiger partial charge in [0, 0.05) is 17.5 Å². The molecule has 0 aliphatic carbocycles. The van der Waals surface area contributed by atoms with Crippen LogP contribution in [0.5, 0.6) is 0 Å². The summed E-state index contributed by atoms with van der Waals surface area (Å²) in [6.07, 6.45) is 1.87. The Morgan fingerprint density at radius 2 is 2.14 bits per heavy atom. The van der Waals surface area contributed by atoms with E-state index in [1.54, 1.807) is 24.3 Å². The van der Waals surface area contributed by atoms with Crippen molar-refractivity contribution < 1.29 is 14.7 Å². The topological polar surface area (TPSA) is 117 Å². The van der Waals surface area contributed by atoms with Crippen LogP contribution in [0.15, 0.2) is 24.3 Å². The molecule has 0 bridgehead atoms. The first-order valence-corrected chi connectivity index (χ1v) is 10.7. The molecular formula is C20H25ClN4O3S. The Morgan fingerprint density at radius 3 is 2.69 bits per heavy atom. The molecule has 9 heteroatoms. The third kappa shape index (κ3) is 5.33. The lowest BCUT2D eigenvalue weighted by atomic mass is 9.94. The zero-order valence-electron chi connectivity index (χ0n) is 16.2. The van der Waals surface area contributed by atoms with Gasteiger partial charge in [-0.05, 0) is 44.0 Å². The summed E-state index contributed by atoms with van der Waals surface area (Å²) in [4.78, 5) is 30.2. The average molecular weight is 437 g/mol. The van der Waals surface area contributed by atoms with Gasteiger partial charge in [-0.3, -0.25) is 9.59 Å². The lowest BCUT2D eigenvalue weighted by molar-refractivity contribution is -0.126. The fourth-order valence-electron chi connectivity index (χ4n) is 3.56. The van der Waals surface area contributed by atoms with Gasteiger partial charge in [-0.2, -0.15) is 0 Å². The van der Waals surface area contributed by atoms with Crippen molar-refractivity contribution in [2.24, 2.45) is 5.73 Å². The fourth-order valence-corrected chi connectivity index (χ4v) is 4.73. The Kier molecular flexibility index (Phi) is 7.23. The molecule has 0 spiro atoms. The van der Waals surface area contributed by atoms with E-state index >= 15 is 0 Å². The molecule has 156 valence electrons. The molecule has 2 heterocycles. The third-order valence-electron chi connectivity index (χ3n) is 5.14. The maximum atomic E-state index is 12.9. The first kappa shape index (κ1) is 21.7. The van der Waals surface area contributed by atoms with Crippen molar-refractivity contribution in [1.29, 1.82) is 0 Å². The van der Waals surface area contributed by atoms with Crippen LogP contribution in [0.4, 0.5) is 0 Å². The largest absolute Gasteiger partial charge is 0.391 e. The zero-order valence-corrected chi connectivity index (χ0v) is 17.7. The number of rotatable bonds is 8. The Hall–Kier alpha value is -2.00. The van der Waals surface area contributed by atoms with Gasteiger partial charge in [-0.25, -0.2) is 4.98 Å². The number of aromatic nitrogens is 1. The van der Waals surface area contributed by atoms with Crippen molar-refractivity contribution in [2.45, 2.75) is 50.8 Å². The lowest BCUT2D eigenvalue weighted by Crippen LogP contribution is -2.41. The Bertz CT molecular complexity index is 865. The highest BCUT2D eigenvalue weighted by molar-refractivity contribution is 7.11. The summed E-state index contributed by atoms with van der Waals surface area (Å²) >= 11 is 7.31. The van der Waals surface area contributed by atoms with Crippen molar-refractivity contribution in [2.75, 3.05) is 6.54 Å². The van der Waals surface area contributed by atoms with Crippen LogP contribution < -0.4 is 16.4 Å². The first-order chi connectivity index (χ1) is 13.9. The van der Waals surface area contributed by atoms with Crippen molar-refractivity contribution in [3.05, 3.63) is 50.4 Å².